The first-order chi connectivity index (χ1) is 13.7. The van der Waals surface area contributed by atoms with Crippen LogP contribution < -0.4 is 5.32 Å². The van der Waals surface area contributed by atoms with E-state index >= 15 is 0 Å². The summed E-state index contributed by atoms with van der Waals surface area (Å²) in [4.78, 5) is 38.7. The molecule has 150 valence electrons. The van der Waals surface area contributed by atoms with Gasteiger partial charge in [-0.3, -0.25) is 14.9 Å². The van der Waals surface area contributed by atoms with Gasteiger partial charge in [-0.25, -0.2) is 0 Å². The summed E-state index contributed by atoms with van der Waals surface area (Å²) in [6.07, 6.45) is 5.54. The number of nitrogens with zero attached hydrogens (tertiary/aromatic N) is 1. The summed E-state index contributed by atoms with van der Waals surface area (Å²) in [5, 5.41) is 2.85. The van der Waals surface area contributed by atoms with E-state index in [1.807, 2.05) is 0 Å². The Morgan fingerprint density at radius 2 is 2.07 bits per heavy atom. The largest absolute Gasteiger partial charge is 0.321 e. The van der Waals surface area contributed by atoms with Crippen LogP contribution >= 0.6 is 23.5 Å². The van der Waals surface area contributed by atoms with Crippen molar-refractivity contribution >= 4 is 41.5 Å². The number of hydrogen-bond acceptors (Lipinski definition) is 6. The van der Waals surface area contributed by atoms with Crippen LogP contribution in [-0.2, 0) is 27.2 Å². The first-order valence-corrected chi connectivity index (χ1v) is 12.2. The Labute approximate surface area is 174 Å². The quantitative estimate of drug-likeness (QED) is 0.715. The van der Waals surface area contributed by atoms with Gasteiger partial charge in [0, 0.05) is 18.1 Å². The summed E-state index contributed by atoms with van der Waals surface area (Å²) in [6.45, 7) is 0. The molecule has 0 aromatic heterocycles. The first-order valence-electron chi connectivity index (χ1n) is 9.95. The number of aryl methyl sites for hydroxylation is 1. The summed E-state index contributed by atoms with van der Waals surface area (Å²) >= 11 is 3.12. The highest BCUT2D eigenvalue weighted by Crippen LogP contribution is 2.31. The molecule has 4 atom stereocenters. The van der Waals surface area contributed by atoms with E-state index in [9.17, 15) is 14.4 Å². The maximum atomic E-state index is 12.9. The molecular formula is C21H26N2O3S2. The fourth-order valence-corrected chi connectivity index (χ4v) is 6.70. The highest BCUT2D eigenvalue weighted by molar-refractivity contribution is 8.01. The van der Waals surface area contributed by atoms with Crippen molar-refractivity contribution in [1.29, 1.82) is 0 Å². The van der Waals surface area contributed by atoms with Gasteiger partial charge in [-0.1, -0.05) is 24.3 Å². The highest BCUT2D eigenvalue weighted by Gasteiger charge is 2.42. The average molecular weight is 419 g/mol. The number of nitrogens with one attached hydrogen (secondary N) is 1. The molecule has 2 saturated heterocycles. The number of amides is 1. The third-order valence-corrected chi connectivity index (χ3v) is 8.33. The SMILES string of the molecule is O=C[C@@H]1CSCN1C(=O)[C@H]1NCSC1C(=O)CC[C@@H]1CCc2ccccc2C1. The Hall–Kier alpha value is -1.31. The number of benzene rings is 1. The summed E-state index contributed by atoms with van der Waals surface area (Å²) in [5.74, 6) is 2.40. The van der Waals surface area contributed by atoms with E-state index in [0.717, 1.165) is 32.0 Å². The van der Waals surface area contributed by atoms with Crippen LogP contribution in [0.5, 0.6) is 0 Å². The Balaban J connectivity index is 1.33. The van der Waals surface area contributed by atoms with Gasteiger partial charge in [0.2, 0.25) is 5.91 Å². The maximum absolute atomic E-state index is 12.9. The van der Waals surface area contributed by atoms with E-state index in [-0.39, 0.29) is 23.0 Å². The molecule has 2 heterocycles. The van der Waals surface area contributed by atoms with Gasteiger partial charge >= 0.3 is 0 Å². The molecule has 2 aliphatic heterocycles. The molecule has 1 aromatic carbocycles. The molecule has 2 fully saturated rings. The summed E-state index contributed by atoms with van der Waals surface area (Å²) in [5.41, 5.74) is 2.86. The Morgan fingerprint density at radius 3 is 2.89 bits per heavy atom. The van der Waals surface area contributed by atoms with Crippen molar-refractivity contribution in [2.24, 2.45) is 5.92 Å². The molecule has 1 aromatic rings. The van der Waals surface area contributed by atoms with Crippen LogP contribution in [0.2, 0.25) is 0 Å². The van der Waals surface area contributed by atoms with Crippen molar-refractivity contribution < 1.29 is 14.4 Å². The molecule has 1 amide bonds. The van der Waals surface area contributed by atoms with E-state index in [4.69, 9.17) is 0 Å². The second-order valence-electron chi connectivity index (χ2n) is 7.81. The molecule has 1 unspecified atom stereocenters. The van der Waals surface area contributed by atoms with Crippen LogP contribution in [0, 0.1) is 5.92 Å². The molecular weight excluding hydrogens is 392 g/mol. The summed E-state index contributed by atoms with van der Waals surface area (Å²) in [7, 11) is 0. The molecule has 1 N–H and O–H groups in total. The number of carbonyl (C=O) groups is 3. The van der Waals surface area contributed by atoms with Crippen LogP contribution in [0.1, 0.15) is 30.4 Å². The monoisotopic (exact) mass is 418 g/mol. The molecule has 5 nitrogen and oxygen atoms in total. The average Bonchev–Trinajstić information content (AvgIpc) is 3.40. The minimum absolute atomic E-state index is 0.1000. The van der Waals surface area contributed by atoms with Crippen molar-refractivity contribution in [3.63, 3.8) is 0 Å². The minimum atomic E-state index is -0.495. The lowest BCUT2D eigenvalue weighted by Gasteiger charge is -2.27. The molecule has 0 bridgehead atoms. The van der Waals surface area contributed by atoms with Gasteiger partial charge in [0.25, 0.3) is 0 Å². The third-order valence-electron chi connectivity index (χ3n) is 6.06. The fourth-order valence-electron chi connectivity index (χ4n) is 4.41. The first kappa shape index (κ1) is 20.0. The number of carbonyl (C=O) groups excluding carboxylic acids is 3. The zero-order chi connectivity index (χ0) is 19.5. The molecule has 0 spiro atoms. The third kappa shape index (κ3) is 4.16. The van der Waals surface area contributed by atoms with Gasteiger partial charge in [-0.15, -0.1) is 23.5 Å². The molecule has 28 heavy (non-hydrogen) atoms. The lowest BCUT2D eigenvalue weighted by Crippen LogP contribution is -2.51. The zero-order valence-electron chi connectivity index (χ0n) is 15.8. The molecule has 7 heteroatoms. The standard InChI is InChI=1S/C21H26N2O3S2/c24-10-17-11-27-13-23(17)21(26)19-20(28-12-22-19)18(25)8-6-14-5-7-15-3-1-2-4-16(15)9-14/h1-4,10,14,17,19-20,22H,5-9,11-13H2/t14-,17+,19-,20?/m0/s1. The van der Waals surface area contributed by atoms with Gasteiger partial charge < -0.3 is 9.69 Å². The number of thioether (sulfide) groups is 2. The van der Waals surface area contributed by atoms with Crippen LogP contribution in [0.4, 0.5) is 0 Å². The number of aldehydes is 1. The summed E-state index contributed by atoms with van der Waals surface area (Å²) < 4.78 is 0. The Morgan fingerprint density at radius 1 is 1.25 bits per heavy atom. The molecule has 4 rings (SSSR count). The van der Waals surface area contributed by atoms with Crippen molar-refractivity contribution in [3.05, 3.63) is 35.4 Å². The minimum Gasteiger partial charge on any atom is -0.321 e. The second kappa shape index (κ2) is 9.01. The van der Waals surface area contributed by atoms with Crippen LogP contribution in [-0.4, -0.2) is 57.7 Å². The number of Topliss-reactive ketones (excluding diaryl/α,β-unsaturated/α-hetero) is 1. The molecule has 3 aliphatic rings. The van der Waals surface area contributed by atoms with Crippen LogP contribution in [0.15, 0.2) is 24.3 Å². The van der Waals surface area contributed by atoms with Gasteiger partial charge in [0.05, 0.1) is 17.2 Å². The van der Waals surface area contributed by atoms with Gasteiger partial charge in [-0.05, 0) is 42.7 Å². The molecule has 0 radical (unpaired) electrons. The van der Waals surface area contributed by atoms with E-state index in [1.54, 1.807) is 16.7 Å². The summed E-state index contributed by atoms with van der Waals surface area (Å²) in [6, 6.07) is 7.74. The second-order valence-corrected chi connectivity index (χ2v) is 9.94. The zero-order valence-corrected chi connectivity index (χ0v) is 17.5. The van der Waals surface area contributed by atoms with E-state index in [2.05, 4.69) is 29.6 Å². The van der Waals surface area contributed by atoms with Crippen LogP contribution in [0.3, 0.4) is 0 Å². The molecule has 1 aliphatic carbocycles. The fraction of sp³-hybridized carbons (Fsp3) is 0.571. The Kier molecular flexibility index (Phi) is 6.43. The maximum Gasteiger partial charge on any atom is 0.242 e. The van der Waals surface area contributed by atoms with Gasteiger partial charge in [-0.2, -0.15) is 0 Å². The van der Waals surface area contributed by atoms with Crippen molar-refractivity contribution in [3.8, 4) is 0 Å². The van der Waals surface area contributed by atoms with Gasteiger partial charge in [0.1, 0.15) is 18.1 Å². The van der Waals surface area contributed by atoms with E-state index in [1.165, 1.54) is 22.9 Å². The topological polar surface area (TPSA) is 66.5 Å². The predicted octanol–water partition coefficient (Wildman–Crippen LogP) is 2.27. The normalized spacial score (nSPS) is 29.5. The van der Waals surface area contributed by atoms with Crippen LogP contribution in [0.25, 0.3) is 0 Å². The van der Waals surface area contributed by atoms with Crippen molar-refractivity contribution in [1.82, 2.24) is 10.2 Å². The van der Waals surface area contributed by atoms with E-state index in [0.29, 0.717) is 29.8 Å². The molecule has 0 saturated carbocycles. The number of ketones is 1. The lowest BCUT2D eigenvalue weighted by molar-refractivity contribution is -0.137. The highest BCUT2D eigenvalue weighted by atomic mass is 32.2. The van der Waals surface area contributed by atoms with Gasteiger partial charge in [0.15, 0.2) is 0 Å². The lowest BCUT2D eigenvalue weighted by atomic mass is 9.81. The number of fused-ring (bicyclic) bond motifs is 1. The van der Waals surface area contributed by atoms with Crippen molar-refractivity contribution in [2.75, 3.05) is 17.5 Å². The Bertz CT molecular complexity index is 757. The van der Waals surface area contributed by atoms with Crippen molar-refractivity contribution in [2.45, 2.75) is 49.4 Å². The smallest absolute Gasteiger partial charge is 0.242 e. The number of rotatable bonds is 6. The number of hydrogen-bond donors (Lipinski definition) is 1. The predicted molar refractivity (Wildman–Crippen MR) is 113 cm³/mol. The van der Waals surface area contributed by atoms with E-state index < -0.39 is 6.04 Å².